The molecule has 0 aliphatic rings. The number of nitrogens with one attached hydrogen (secondary N) is 2. The van der Waals surface area contributed by atoms with Crippen LogP contribution in [0.25, 0.3) is 10.9 Å². The Labute approximate surface area is 173 Å². The number of ether oxygens (including phenoxy) is 1. The number of nitrogens with two attached hydrogens (primary N) is 2. The second kappa shape index (κ2) is 9.06. The first-order chi connectivity index (χ1) is 14.3. The van der Waals surface area contributed by atoms with Crippen LogP contribution in [0.5, 0.6) is 0 Å². The largest absolute Gasteiger partial charge is 0.383 e. The lowest BCUT2D eigenvalue weighted by molar-refractivity contribution is 0.100. The van der Waals surface area contributed by atoms with Crippen molar-refractivity contribution in [2.75, 3.05) is 24.4 Å². The van der Waals surface area contributed by atoms with Gasteiger partial charge in [0.05, 0.1) is 30.4 Å². The van der Waals surface area contributed by atoms with Gasteiger partial charge in [-0.25, -0.2) is 9.37 Å². The average molecular weight is 415 g/mol. The Kier molecular flexibility index (Phi) is 6.48. The zero-order valence-electron chi connectivity index (χ0n) is 17.1. The molecule has 0 saturated heterocycles. The molecule has 0 fully saturated rings. The fraction of sp³-hybridized carbons (Fsp3) is 0.350. The van der Waals surface area contributed by atoms with Crippen molar-refractivity contribution in [3.05, 3.63) is 41.8 Å². The van der Waals surface area contributed by atoms with E-state index in [2.05, 4.69) is 20.7 Å². The van der Waals surface area contributed by atoms with Crippen LogP contribution < -0.4 is 22.1 Å². The minimum atomic E-state index is -0.788. The van der Waals surface area contributed by atoms with Crippen LogP contribution in [0.15, 0.2) is 30.5 Å². The Bertz CT molecular complexity index is 1050. The number of fused-ring (bicyclic) bond motifs is 1. The number of carbonyl (C=O) groups is 1. The van der Waals surface area contributed by atoms with Crippen molar-refractivity contribution in [1.29, 1.82) is 0 Å². The molecule has 6 N–H and O–H groups in total. The van der Waals surface area contributed by atoms with Crippen molar-refractivity contribution < 1.29 is 13.9 Å². The summed E-state index contributed by atoms with van der Waals surface area (Å²) in [6.45, 7) is 4.79. The summed E-state index contributed by atoms with van der Waals surface area (Å²) in [6, 6.07) is 6.18. The Morgan fingerprint density at radius 2 is 2.07 bits per heavy atom. The number of amides is 1. The number of hydrogen-bond acceptors (Lipinski definition) is 7. The van der Waals surface area contributed by atoms with E-state index in [0.29, 0.717) is 18.8 Å². The van der Waals surface area contributed by atoms with Gasteiger partial charge in [-0.2, -0.15) is 5.10 Å². The van der Waals surface area contributed by atoms with Crippen LogP contribution >= 0.6 is 0 Å². The van der Waals surface area contributed by atoms with Crippen molar-refractivity contribution in [1.82, 2.24) is 14.8 Å². The van der Waals surface area contributed by atoms with E-state index in [1.165, 1.54) is 0 Å². The van der Waals surface area contributed by atoms with Crippen molar-refractivity contribution in [2.45, 2.75) is 32.5 Å². The van der Waals surface area contributed by atoms with Gasteiger partial charge in [0.15, 0.2) is 11.6 Å². The Morgan fingerprint density at radius 1 is 1.30 bits per heavy atom. The highest BCUT2D eigenvalue weighted by atomic mass is 19.1. The van der Waals surface area contributed by atoms with Crippen LogP contribution in [0.3, 0.4) is 0 Å². The molecule has 0 radical (unpaired) electrons. The third kappa shape index (κ3) is 4.66. The van der Waals surface area contributed by atoms with E-state index in [9.17, 15) is 9.18 Å². The number of rotatable bonds is 9. The quantitative estimate of drug-likeness (QED) is 0.421. The van der Waals surface area contributed by atoms with E-state index >= 15 is 0 Å². The summed E-state index contributed by atoms with van der Waals surface area (Å²) in [7, 11) is 1.64. The van der Waals surface area contributed by atoms with Crippen LogP contribution in [0.2, 0.25) is 0 Å². The number of methoxy groups -OCH3 is 1. The van der Waals surface area contributed by atoms with Crippen molar-refractivity contribution >= 4 is 34.1 Å². The molecule has 1 aromatic carbocycles. The highest BCUT2D eigenvalue weighted by molar-refractivity contribution is 5.99. The predicted octanol–water partition coefficient (Wildman–Crippen LogP) is 2.21. The molecular formula is C20H26FN7O2. The summed E-state index contributed by atoms with van der Waals surface area (Å²) in [4.78, 5) is 16.1. The first-order valence-corrected chi connectivity index (χ1v) is 9.54. The highest BCUT2D eigenvalue weighted by Crippen LogP contribution is 2.26. The van der Waals surface area contributed by atoms with E-state index in [4.69, 9.17) is 16.2 Å². The molecule has 0 unspecified atom stereocenters. The fourth-order valence-electron chi connectivity index (χ4n) is 2.88. The van der Waals surface area contributed by atoms with Crippen molar-refractivity contribution in [2.24, 2.45) is 11.5 Å². The van der Waals surface area contributed by atoms with E-state index in [1.807, 2.05) is 29.8 Å². The van der Waals surface area contributed by atoms with Crippen LogP contribution in [0.4, 0.5) is 21.7 Å². The Morgan fingerprint density at radius 3 is 2.73 bits per heavy atom. The molecule has 0 aliphatic heterocycles. The second-order valence-corrected chi connectivity index (χ2v) is 7.13. The smallest absolute Gasteiger partial charge is 0.252 e. The summed E-state index contributed by atoms with van der Waals surface area (Å²) in [5.74, 6) is -1.34. The molecule has 3 rings (SSSR count). The van der Waals surface area contributed by atoms with Gasteiger partial charge < -0.3 is 26.8 Å². The number of aromatic nitrogens is 3. The van der Waals surface area contributed by atoms with E-state index in [1.54, 1.807) is 20.2 Å². The number of halogens is 1. The molecule has 2 atom stereocenters. The molecule has 9 nitrogen and oxygen atoms in total. The second-order valence-electron chi connectivity index (χ2n) is 7.13. The van der Waals surface area contributed by atoms with Gasteiger partial charge in [0.1, 0.15) is 5.82 Å². The summed E-state index contributed by atoms with van der Waals surface area (Å²) in [6.07, 6.45) is 1.74. The minimum absolute atomic E-state index is 0.0132. The number of carbonyl (C=O) groups excluding carboxylic acids is 1. The molecule has 2 aromatic heterocycles. The number of anilines is 3. The molecule has 0 bridgehead atoms. The summed E-state index contributed by atoms with van der Waals surface area (Å²) in [5, 5.41) is 11.2. The number of nitrogens with zero attached hydrogens (tertiary/aromatic N) is 3. The Balaban J connectivity index is 1.93. The van der Waals surface area contributed by atoms with Gasteiger partial charge >= 0.3 is 0 Å². The minimum Gasteiger partial charge on any atom is -0.383 e. The molecule has 30 heavy (non-hydrogen) atoms. The number of benzene rings is 1. The molecular weight excluding hydrogens is 389 g/mol. The van der Waals surface area contributed by atoms with E-state index in [-0.39, 0.29) is 29.3 Å². The van der Waals surface area contributed by atoms with Gasteiger partial charge in [-0.3, -0.25) is 9.48 Å². The number of pyridine rings is 1. The Hall–Kier alpha value is -3.24. The SMILES string of the molecule is COCCn1ncc2cc(Nc3nc(N[C@@H](C)[C@@H](C)N)c(F)cc3C(N)=O)ccc21. The molecule has 160 valence electrons. The van der Waals surface area contributed by atoms with Gasteiger partial charge in [-0.1, -0.05) is 0 Å². The zero-order valence-corrected chi connectivity index (χ0v) is 17.1. The van der Waals surface area contributed by atoms with Crippen molar-refractivity contribution in [3.63, 3.8) is 0 Å². The first kappa shape index (κ1) is 21.5. The maximum Gasteiger partial charge on any atom is 0.252 e. The molecule has 0 saturated carbocycles. The molecule has 10 heteroatoms. The lowest BCUT2D eigenvalue weighted by Gasteiger charge is -2.20. The highest BCUT2D eigenvalue weighted by Gasteiger charge is 2.18. The summed E-state index contributed by atoms with van der Waals surface area (Å²) >= 11 is 0. The molecule has 0 spiro atoms. The van der Waals surface area contributed by atoms with Gasteiger partial charge in [-0.15, -0.1) is 0 Å². The fourth-order valence-corrected chi connectivity index (χ4v) is 2.88. The van der Waals surface area contributed by atoms with Crippen LogP contribution in [0, 0.1) is 5.82 Å². The van der Waals surface area contributed by atoms with Gasteiger partial charge in [0, 0.05) is 30.3 Å². The summed E-state index contributed by atoms with van der Waals surface area (Å²) in [5.41, 5.74) is 12.8. The van der Waals surface area contributed by atoms with Gasteiger partial charge in [-0.05, 0) is 38.1 Å². The average Bonchev–Trinajstić information content (AvgIpc) is 3.10. The molecule has 1 amide bonds. The lowest BCUT2D eigenvalue weighted by atomic mass is 10.1. The van der Waals surface area contributed by atoms with Crippen LogP contribution in [-0.4, -0.2) is 46.5 Å². The number of primary amides is 1. The monoisotopic (exact) mass is 415 g/mol. The van der Waals surface area contributed by atoms with Crippen LogP contribution in [0.1, 0.15) is 24.2 Å². The normalized spacial score (nSPS) is 13.2. The van der Waals surface area contributed by atoms with Gasteiger partial charge in [0.2, 0.25) is 0 Å². The lowest BCUT2D eigenvalue weighted by Crippen LogP contribution is -2.35. The standard InChI is InChI=1S/C20H26FN7O2/c1-11(22)12(2)25-20-16(21)9-15(18(23)29)19(27-20)26-14-4-5-17-13(8-14)10-24-28(17)6-7-30-3/h4-5,8-12H,6-7,22H2,1-3H3,(H2,23,29)(H2,25,26,27)/t11-,12+/m1/s1. The zero-order chi connectivity index (χ0) is 21.8. The third-order valence-corrected chi connectivity index (χ3v) is 4.81. The summed E-state index contributed by atoms with van der Waals surface area (Å²) < 4.78 is 21.4. The van der Waals surface area contributed by atoms with Crippen LogP contribution in [-0.2, 0) is 11.3 Å². The molecule has 2 heterocycles. The topological polar surface area (TPSA) is 133 Å². The predicted molar refractivity (Wildman–Crippen MR) is 114 cm³/mol. The molecule has 0 aliphatic carbocycles. The third-order valence-electron chi connectivity index (χ3n) is 4.81. The maximum absolute atomic E-state index is 14.4. The molecule has 3 aromatic rings. The van der Waals surface area contributed by atoms with E-state index < -0.39 is 11.7 Å². The van der Waals surface area contributed by atoms with E-state index in [0.717, 1.165) is 17.0 Å². The first-order valence-electron chi connectivity index (χ1n) is 9.54. The van der Waals surface area contributed by atoms with Gasteiger partial charge in [0.25, 0.3) is 5.91 Å². The van der Waals surface area contributed by atoms with Crippen molar-refractivity contribution in [3.8, 4) is 0 Å². The number of hydrogen-bond donors (Lipinski definition) is 4. The maximum atomic E-state index is 14.4.